The van der Waals surface area contributed by atoms with Crippen LogP contribution in [-0.4, -0.2) is 94.4 Å². The lowest BCUT2D eigenvalue weighted by Crippen LogP contribution is -2.12. The standard InChI is InChI=1S/C42H47N11O7/c1-24(54)9-10-43-27-13-33(49(4)19-27)34(56)12-26-11-32(48(3)18-26)35(57)14-28-21-51(6)40(45-28)37(59)16-30-23-53(8)42(47-30)38(60)17-31-22-52(7)41(46-31)36(58)15-29-20-50(5)39(44-29)25(2)55/h11,13,18-23,43H,9-10,12,14-17H2,1-8H3. The maximum absolute atomic E-state index is 13.4. The lowest BCUT2D eigenvalue weighted by Gasteiger charge is -2.00. The molecule has 0 radical (unpaired) electrons. The zero-order valence-electron chi connectivity index (χ0n) is 34.9. The van der Waals surface area contributed by atoms with Crippen molar-refractivity contribution in [1.82, 2.24) is 47.3 Å². The number of nitrogens with one attached hydrogen (secondary N) is 1. The summed E-state index contributed by atoms with van der Waals surface area (Å²) in [6.45, 7) is 3.40. The number of hydrogen-bond acceptors (Lipinski definition) is 12. The van der Waals surface area contributed by atoms with E-state index in [1.165, 1.54) is 18.4 Å². The van der Waals surface area contributed by atoms with Crippen LogP contribution in [0.4, 0.5) is 5.69 Å². The summed E-state index contributed by atoms with van der Waals surface area (Å²) >= 11 is 0. The molecule has 1 N–H and O–H groups in total. The van der Waals surface area contributed by atoms with Gasteiger partial charge in [-0.2, -0.15) is 0 Å². The monoisotopic (exact) mass is 817 g/mol. The smallest absolute Gasteiger partial charge is 0.204 e. The number of rotatable bonds is 20. The predicted molar refractivity (Wildman–Crippen MR) is 218 cm³/mol. The molecule has 0 saturated carbocycles. The average Bonchev–Trinajstić information content (AvgIpc) is 4.01. The third-order valence-corrected chi connectivity index (χ3v) is 9.94. The maximum Gasteiger partial charge on any atom is 0.204 e. The number of imidazole rings is 4. The van der Waals surface area contributed by atoms with Crippen LogP contribution in [0, 0.1) is 0 Å². The van der Waals surface area contributed by atoms with Crippen LogP contribution < -0.4 is 5.32 Å². The fourth-order valence-electron chi connectivity index (χ4n) is 7.15. The molecule has 0 spiro atoms. The first-order valence-electron chi connectivity index (χ1n) is 19.2. The van der Waals surface area contributed by atoms with Crippen molar-refractivity contribution < 1.29 is 33.6 Å². The highest BCUT2D eigenvalue weighted by Crippen LogP contribution is 2.19. The first-order valence-corrected chi connectivity index (χ1v) is 19.2. The van der Waals surface area contributed by atoms with E-state index in [1.807, 2.05) is 0 Å². The molecular formula is C42H47N11O7. The van der Waals surface area contributed by atoms with E-state index >= 15 is 0 Å². The molecule has 6 aromatic heterocycles. The molecule has 6 aromatic rings. The van der Waals surface area contributed by atoms with E-state index in [0.717, 1.165) is 5.69 Å². The number of carbonyl (C=O) groups excluding carboxylic acids is 7. The molecule has 0 bridgehead atoms. The topological polar surface area (TPSA) is 213 Å². The Morgan fingerprint density at radius 1 is 0.467 bits per heavy atom. The Morgan fingerprint density at radius 3 is 1.28 bits per heavy atom. The van der Waals surface area contributed by atoms with Crippen LogP contribution in [0.15, 0.2) is 49.3 Å². The maximum atomic E-state index is 13.4. The van der Waals surface area contributed by atoms with E-state index in [0.29, 0.717) is 52.7 Å². The highest BCUT2D eigenvalue weighted by molar-refractivity contribution is 6.00. The number of Topliss-reactive ketones (excluding diaryl/α,β-unsaturated/α-hetero) is 7. The van der Waals surface area contributed by atoms with Gasteiger partial charge in [0.1, 0.15) is 5.78 Å². The van der Waals surface area contributed by atoms with Crippen molar-refractivity contribution in [1.29, 1.82) is 0 Å². The van der Waals surface area contributed by atoms with Crippen molar-refractivity contribution in [2.75, 3.05) is 11.9 Å². The summed E-state index contributed by atoms with van der Waals surface area (Å²) in [5.74, 6) is -0.914. The molecule has 0 fully saturated rings. The van der Waals surface area contributed by atoms with E-state index in [9.17, 15) is 33.6 Å². The third kappa shape index (κ3) is 9.60. The van der Waals surface area contributed by atoms with Gasteiger partial charge in [-0.25, -0.2) is 19.9 Å². The Kier molecular flexibility index (Phi) is 12.3. The zero-order chi connectivity index (χ0) is 43.6. The molecule has 0 aliphatic carbocycles. The van der Waals surface area contributed by atoms with Crippen LogP contribution in [0.5, 0.6) is 0 Å². The number of aryl methyl sites for hydroxylation is 6. The molecule has 6 heterocycles. The Labute approximate surface area is 345 Å². The number of nitrogens with zero attached hydrogens (tertiary/aromatic N) is 10. The largest absolute Gasteiger partial charge is 0.383 e. The lowest BCUT2D eigenvalue weighted by atomic mass is 10.1. The summed E-state index contributed by atoms with van der Waals surface area (Å²) in [4.78, 5) is 107. The van der Waals surface area contributed by atoms with Crippen molar-refractivity contribution in [2.45, 2.75) is 52.4 Å². The van der Waals surface area contributed by atoms with Gasteiger partial charge in [-0.05, 0) is 24.6 Å². The van der Waals surface area contributed by atoms with Gasteiger partial charge in [-0.1, -0.05) is 0 Å². The summed E-state index contributed by atoms with van der Waals surface area (Å²) in [5.41, 5.74) is 3.84. The first-order chi connectivity index (χ1) is 28.4. The van der Waals surface area contributed by atoms with Gasteiger partial charge in [-0.3, -0.25) is 33.6 Å². The first kappa shape index (κ1) is 42.5. The summed E-state index contributed by atoms with van der Waals surface area (Å²) < 4.78 is 9.59. The van der Waals surface area contributed by atoms with E-state index in [-0.39, 0.29) is 95.9 Å². The minimum absolute atomic E-state index is 0.0670. The quantitative estimate of drug-likeness (QED) is 0.110. The van der Waals surface area contributed by atoms with Gasteiger partial charge in [0.05, 0.1) is 65.5 Å². The van der Waals surface area contributed by atoms with Crippen LogP contribution in [0.3, 0.4) is 0 Å². The number of anilines is 1. The number of ketones is 7. The highest BCUT2D eigenvalue weighted by Gasteiger charge is 2.24. The molecule has 6 rings (SSSR count). The molecule has 0 unspecified atom stereocenters. The molecule has 0 atom stereocenters. The Morgan fingerprint density at radius 2 is 0.850 bits per heavy atom. The van der Waals surface area contributed by atoms with Gasteiger partial charge < -0.3 is 32.7 Å². The van der Waals surface area contributed by atoms with Crippen LogP contribution in [0.25, 0.3) is 0 Å². The molecule has 18 heteroatoms. The fourth-order valence-corrected chi connectivity index (χ4v) is 7.15. The molecular weight excluding hydrogens is 771 g/mol. The molecule has 0 saturated heterocycles. The summed E-state index contributed by atoms with van der Waals surface area (Å²) in [7, 11) is 10.1. The zero-order valence-corrected chi connectivity index (χ0v) is 34.9. The van der Waals surface area contributed by atoms with E-state index in [1.54, 1.807) is 114 Å². The number of hydrogen-bond donors (Lipinski definition) is 1. The van der Waals surface area contributed by atoms with Crippen molar-refractivity contribution >= 4 is 46.2 Å². The van der Waals surface area contributed by atoms with E-state index in [4.69, 9.17) is 0 Å². The van der Waals surface area contributed by atoms with Crippen molar-refractivity contribution in [3.8, 4) is 0 Å². The number of carbonyl (C=O) groups is 7. The van der Waals surface area contributed by atoms with E-state index in [2.05, 4.69) is 25.3 Å². The van der Waals surface area contributed by atoms with Gasteiger partial charge in [-0.15, -0.1) is 0 Å². The second kappa shape index (κ2) is 17.4. The van der Waals surface area contributed by atoms with Crippen LogP contribution in [-0.2, 0) is 79.2 Å². The molecule has 60 heavy (non-hydrogen) atoms. The molecule has 312 valence electrons. The average molecular weight is 818 g/mol. The third-order valence-electron chi connectivity index (χ3n) is 9.94. The molecule has 0 amide bonds. The van der Waals surface area contributed by atoms with Gasteiger partial charge >= 0.3 is 0 Å². The van der Waals surface area contributed by atoms with Crippen molar-refractivity contribution in [2.24, 2.45) is 42.3 Å². The Bertz CT molecular complexity index is 2690. The minimum atomic E-state index is -0.362. The second-order valence-corrected chi connectivity index (χ2v) is 15.2. The van der Waals surface area contributed by atoms with Crippen molar-refractivity contribution in [3.63, 3.8) is 0 Å². The minimum Gasteiger partial charge on any atom is -0.383 e. The molecule has 0 aliphatic rings. The Hall–Kier alpha value is -7.11. The molecule has 18 nitrogen and oxygen atoms in total. The normalized spacial score (nSPS) is 11.3. The molecule has 0 aromatic carbocycles. The fraction of sp³-hybridized carbons (Fsp3) is 0.357. The van der Waals surface area contributed by atoms with Gasteiger partial charge in [0.15, 0.2) is 40.6 Å². The Balaban J connectivity index is 1.04. The van der Waals surface area contributed by atoms with Crippen LogP contribution in [0.2, 0.25) is 0 Å². The summed E-state index contributed by atoms with van der Waals surface area (Å²) in [6.07, 6.45) is 10.0. The SMILES string of the molecule is CC(=O)CCNc1cc(C(=O)Cc2cc(C(=O)Cc3cn(C)c(C(=O)Cc4cn(C)c(C(=O)Cc5cn(C)c(C(=O)Cc6cn(C)c(C(C)=O)n6)n5)n4)n3)n(C)c2)n(C)c1. The summed E-state index contributed by atoms with van der Waals surface area (Å²) in [5, 5.41) is 3.15. The van der Waals surface area contributed by atoms with Gasteiger partial charge in [0, 0.05) is 106 Å². The van der Waals surface area contributed by atoms with Gasteiger partial charge in [0.25, 0.3) is 0 Å². The molecule has 0 aliphatic heterocycles. The van der Waals surface area contributed by atoms with Crippen molar-refractivity contribution in [3.05, 3.63) is 112 Å². The number of aromatic nitrogens is 10. The summed E-state index contributed by atoms with van der Waals surface area (Å²) in [6, 6.07) is 3.43. The second-order valence-electron chi connectivity index (χ2n) is 15.2. The van der Waals surface area contributed by atoms with Gasteiger partial charge in [0.2, 0.25) is 17.3 Å². The highest BCUT2D eigenvalue weighted by atomic mass is 16.2. The van der Waals surface area contributed by atoms with Crippen LogP contribution in [0.1, 0.15) is 112 Å². The predicted octanol–water partition coefficient (Wildman–Crippen LogP) is 3.02. The lowest BCUT2D eigenvalue weighted by molar-refractivity contribution is -0.116. The van der Waals surface area contributed by atoms with E-state index < -0.39 is 0 Å². The van der Waals surface area contributed by atoms with Crippen LogP contribution >= 0.6 is 0 Å².